The first kappa shape index (κ1) is 44.6. The van der Waals surface area contributed by atoms with Gasteiger partial charge in [-0.2, -0.15) is 0 Å². The molecule has 1 aromatic heterocycles. The van der Waals surface area contributed by atoms with Crippen molar-refractivity contribution in [2.45, 2.75) is 148 Å². The molecule has 4 heterocycles. The first-order chi connectivity index (χ1) is 25.7. The van der Waals surface area contributed by atoms with E-state index in [1.165, 1.54) is 18.9 Å². The standard InChI is InChI=1S/C40H63FN4O10/c1-12-29-40(9)32(45(37(50)55-40)19-18-44(10)22-27-16-14-15-17-43-27)25(5)30(46)23(3)21-38(7,51-11)34(26(6)33(48)39(8,41)36(49)53-29)54-35-31(47)28(42-13-2)20-24(4)52-35/h14-17,23-26,28-29,31-32,34-35,42,47H,12-13,18-22H2,1-11H3/t23-,24-,25+,26-,28+,29-,31+,32?,34-,35+,38-,39+,40-/m1/s1. The van der Waals surface area contributed by atoms with E-state index in [1.54, 1.807) is 40.8 Å². The smallest absolute Gasteiger partial charge is 0.410 e. The number of pyridine rings is 1. The van der Waals surface area contributed by atoms with Crippen LogP contribution in [-0.2, 0) is 44.6 Å². The van der Waals surface area contributed by atoms with E-state index in [2.05, 4.69) is 10.3 Å². The predicted molar refractivity (Wildman–Crippen MR) is 200 cm³/mol. The molecule has 3 fully saturated rings. The summed E-state index contributed by atoms with van der Waals surface area (Å²) in [5, 5.41) is 14.6. The van der Waals surface area contributed by atoms with Crippen molar-refractivity contribution in [2.24, 2.45) is 17.8 Å². The van der Waals surface area contributed by atoms with Crippen LogP contribution < -0.4 is 5.32 Å². The van der Waals surface area contributed by atoms with Gasteiger partial charge in [-0.05, 0) is 72.7 Å². The van der Waals surface area contributed by atoms with E-state index < -0.39 is 89.2 Å². The summed E-state index contributed by atoms with van der Waals surface area (Å²) in [6.07, 6.45) is -3.69. The number of cyclic esters (lactones) is 1. The van der Waals surface area contributed by atoms with E-state index in [4.69, 9.17) is 23.7 Å². The number of methoxy groups -OCH3 is 1. The van der Waals surface area contributed by atoms with Crippen molar-refractivity contribution in [1.29, 1.82) is 0 Å². The van der Waals surface area contributed by atoms with Crippen LogP contribution in [0.25, 0.3) is 0 Å². The molecular formula is C40H63FN4O10. The molecule has 3 saturated heterocycles. The summed E-state index contributed by atoms with van der Waals surface area (Å²) in [5.41, 5.74) is -5.37. The van der Waals surface area contributed by atoms with E-state index >= 15 is 4.39 Å². The van der Waals surface area contributed by atoms with Gasteiger partial charge in [0, 0.05) is 56.7 Å². The normalized spacial score (nSPS) is 39.4. The van der Waals surface area contributed by atoms with Crippen molar-refractivity contribution in [3.8, 4) is 0 Å². The topological polar surface area (TPSA) is 166 Å². The number of ketones is 2. The summed E-state index contributed by atoms with van der Waals surface area (Å²) in [5.74, 6) is -5.79. The largest absolute Gasteiger partial charge is 0.455 e. The second-order valence-electron chi connectivity index (χ2n) is 16.3. The molecule has 0 aromatic carbocycles. The predicted octanol–water partition coefficient (Wildman–Crippen LogP) is 3.86. The van der Waals surface area contributed by atoms with Crippen LogP contribution in [0.2, 0.25) is 0 Å². The highest BCUT2D eigenvalue weighted by Gasteiger charge is 2.61. The third-order valence-corrected chi connectivity index (χ3v) is 11.9. The van der Waals surface area contributed by atoms with Gasteiger partial charge in [-0.25, -0.2) is 14.0 Å². The number of amides is 1. The summed E-state index contributed by atoms with van der Waals surface area (Å²) >= 11 is 0. The lowest BCUT2D eigenvalue weighted by Crippen LogP contribution is -2.62. The van der Waals surface area contributed by atoms with E-state index in [1.807, 2.05) is 44.0 Å². The molecule has 14 nitrogen and oxygen atoms in total. The van der Waals surface area contributed by atoms with Gasteiger partial charge in [-0.3, -0.25) is 24.4 Å². The minimum atomic E-state index is -3.17. The number of nitrogens with one attached hydrogen (secondary N) is 1. The number of aliphatic hydroxyl groups is 1. The monoisotopic (exact) mass is 778 g/mol. The average Bonchev–Trinajstić information content (AvgIpc) is 3.41. The third kappa shape index (κ3) is 9.39. The average molecular weight is 779 g/mol. The SMILES string of the molecule is CCN[C@H]1C[C@@H](C)O[C@@H](O[C@@H]2[C@H](C)C(=O)[C@](C)(F)C(=O)O[C@H](CC)[C@@]3(C)OC(=O)N(CCN(C)Cc4ccccn4)C3[C@@H](C)C(=O)[C@H](C)C[C@@]2(C)OC)[C@H]1O. The summed E-state index contributed by atoms with van der Waals surface area (Å²) in [6.45, 7) is 16.0. The van der Waals surface area contributed by atoms with Crippen LogP contribution in [-0.4, -0.2) is 137 Å². The number of hydrogen-bond acceptors (Lipinski definition) is 13. The molecule has 1 unspecified atom stereocenters. The number of carbonyl (C=O) groups excluding carboxylic acids is 4. The molecule has 4 rings (SSSR count). The molecule has 13 atom stereocenters. The highest BCUT2D eigenvalue weighted by atomic mass is 19.1. The zero-order valence-electron chi connectivity index (χ0n) is 34.4. The van der Waals surface area contributed by atoms with Crippen molar-refractivity contribution < 1.29 is 52.4 Å². The lowest BCUT2D eigenvalue weighted by atomic mass is 9.73. The number of alkyl halides is 1. The number of likely N-dealkylation sites (N-methyl/N-ethyl adjacent to an activating group) is 2. The van der Waals surface area contributed by atoms with Gasteiger partial charge in [-0.15, -0.1) is 0 Å². The zero-order valence-corrected chi connectivity index (χ0v) is 34.4. The highest BCUT2D eigenvalue weighted by Crippen LogP contribution is 2.43. The van der Waals surface area contributed by atoms with Gasteiger partial charge in [0.2, 0.25) is 0 Å². The number of fused-ring (bicyclic) bond motifs is 1. The molecule has 3 aliphatic rings. The maximum absolute atomic E-state index is 16.8. The van der Waals surface area contributed by atoms with Crippen molar-refractivity contribution >= 4 is 23.6 Å². The van der Waals surface area contributed by atoms with Gasteiger partial charge in [0.15, 0.2) is 17.7 Å². The number of Topliss-reactive ketones (excluding diaryl/α,β-unsaturated/α-hetero) is 2. The van der Waals surface area contributed by atoms with Gasteiger partial charge in [0.05, 0.1) is 29.5 Å². The molecule has 1 amide bonds. The van der Waals surface area contributed by atoms with Crippen LogP contribution in [0.1, 0.15) is 87.3 Å². The quantitative estimate of drug-likeness (QED) is 0.246. The van der Waals surface area contributed by atoms with E-state index in [0.29, 0.717) is 26.1 Å². The number of halogens is 1. The maximum Gasteiger partial charge on any atom is 0.410 e. The molecule has 310 valence electrons. The minimum absolute atomic E-state index is 0.000326. The molecule has 0 aliphatic carbocycles. The molecule has 0 bridgehead atoms. The molecule has 0 saturated carbocycles. The Kier molecular flexibility index (Phi) is 14.6. The Hall–Kier alpha value is -3.08. The van der Waals surface area contributed by atoms with Crippen LogP contribution in [0.5, 0.6) is 0 Å². The number of ether oxygens (including phenoxy) is 5. The van der Waals surface area contributed by atoms with E-state index in [9.17, 15) is 24.3 Å². The lowest BCUT2D eigenvalue weighted by molar-refractivity contribution is -0.290. The summed E-state index contributed by atoms with van der Waals surface area (Å²) in [6, 6.07) is 4.29. The van der Waals surface area contributed by atoms with Crippen molar-refractivity contribution in [2.75, 3.05) is 33.8 Å². The van der Waals surface area contributed by atoms with Crippen LogP contribution in [0.15, 0.2) is 24.4 Å². The summed E-state index contributed by atoms with van der Waals surface area (Å²) < 4.78 is 47.3. The first-order valence-corrected chi connectivity index (χ1v) is 19.6. The van der Waals surface area contributed by atoms with E-state index in [-0.39, 0.29) is 31.3 Å². The van der Waals surface area contributed by atoms with Crippen LogP contribution in [0.3, 0.4) is 0 Å². The fourth-order valence-electron chi connectivity index (χ4n) is 8.81. The van der Waals surface area contributed by atoms with Crippen molar-refractivity contribution in [1.82, 2.24) is 20.1 Å². The molecule has 0 radical (unpaired) electrons. The maximum atomic E-state index is 16.8. The van der Waals surface area contributed by atoms with E-state index in [0.717, 1.165) is 12.6 Å². The number of hydrogen-bond donors (Lipinski definition) is 2. The van der Waals surface area contributed by atoms with Gasteiger partial charge in [0.1, 0.15) is 18.0 Å². The number of nitrogens with zero attached hydrogens (tertiary/aromatic N) is 3. The van der Waals surface area contributed by atoms with Gasteiger partial charge >= 0.3 is 12.1 Å². The number of aliphatic hydroxyl groups excluding tert-OH is 1. The Morgan fingerprint density at radius 2 is 1.78 bits per heavy atom. The molecule has 15 heteroatoms. The fraction of sp³-hybridized carbons (Fsp3) is 0.775. The molecule has 1 aromatic rings. The van der Waals surface area contributed by atoms with Crippen LogP contribution in [0, 0.1) is 17.8 Å². The Bertz CT molecular complexity index is 1500. The number of esters is 1. The second kappa shape index (κ2) is 18.0. The molecule has 55 heavy (non-hydrogen) atoms. The van der Waals surface area contributed by atoms with Crippen LogP contribution in [0.4, 0.5) is 9.18 Å². The van der Waals surface area contributed by atoms with Gasteiger partial charge < -0.3 is 34.1 Å². The Morgan fingerprint density at radius 1 is 1.09 bits per heavy atom. The number of rotatable bonds is 11. The molecule has 0 spiro atoms. The molecular weight excluding hydrogens is 715 g/mol. The molecule has 2 N–H and O–H groups in total. The van der Waals surface area contributed by atoms with Crippen molar-refractivity contribution in [3.63, 3.8) is 0 Å². The highest BCUT2D eigenvalue weighted by molar-refractivity contribution is 6.08. The summed E-state index contributed by atoms with van der Waals surface area (Å²) in [4.78, 5) is 64.3. The van der Waals surface area contributed by atoms with Crippen LogP contribution >= 0.6 is 0 Å². The first-order valence-electron chi connectivity index (χ1n) is 19.6. The second-order valence-corrected chi connectivity index (χ2v) is 16.3. The third-order valence-electron chi connectivity index (χ3n) is 11.9. The number of aromatic nitrogens is 1. The Balaban J connectivity index is 1.76. The van der Waals surface area contributed by atoms with Gasteiger partial charge in [-0.1, -0.05) is 40.7 Å². The van der Waals surface area contributed by atoms with Crippen molar-refractivity contribution in [3.05, 3.63) is 30.1 Å². The number of carbonyl (C=O) groups is 4. The Labute approximate surface area is 325 Å². The fourth-order valence-corrected chi connectivity index (χ4v) is 8.81. The summed E-state index contributed by atoms with van der Waals surface area (Å²) in [7, 11) is 3.29. The zero-order chi connectivity index (χ0) is 41.0. The lowest BCUT2D eigenvalue weighted by Gasteiger charge is -2.46. The minimum Gasteiger partial charge on any atom is -0.455 e. The molecule has 3 aliphatic heterocycles. The van der Waals surface area contributed by atoms with Gasteiger partial charge in [0.25, 0.3) is 5.67 Å². The Morgan fingerprint density at radius 3 is 2.38 bits per heavy atom.